The first-order valence-electron chi connectivity index (χ1n) is 8.43. The quantitative estimate of drug-likeness (QED) is 0.739. The number of hydrazine groups is 1. The van der Waals surface area contributed by atoms with Crippen molar-refractivity contribution < 1.29 is 9.59 Å². The Balaban J connectivity index is 1.80. The lowest BCUT2D eigenvalue weighted by Crippen LogP contribution is -2.49. The molecule has 2 aliphatic heterocycles. The highest BCUT2D eigenvalue weighted by atomic mass is 16.2. The van der Waals surface area contributed by atoms with Crippen molar-refractivity contribution in [3.63, 3.8) is 0 Å². The van der Waals surface area contributed by atoms with E-state index in [1.54, 1.807) is 0 Å². The molecule has 0 aliphatic carbocycles. The Morgan fingerprint density at radius 3 is 2.96 bits per heavy atom. The predicted molar refractivity (Wildman–Crippen MR) is 96.5 cm³/mol. The summed E-state index contributed by atoms with van der Waals surface area (Å²) < 4.78 is 0. The van der Waals surface area contributed by atoms with Crippen LogP contribution < -0.4 is 21.2 Å². The van der Waals surface area contributed by atoms with Gasteiger partial charge in [-0.25, -0.2) is 10.2 Å². The van der Waals surface area contributed by atoms with E-state index in [2.05, 4.69) is 27.3 Å². The van der Waals surface area contributed by atoms with Gasteiger partial charge < -0.3 is 10.2 Å². The van der Waals surface area contributed by atoms with Crippen molar-refractivity contribution >= 4 is 23.3 Å². The number of hydrogen-bond donors (Lipinski definition) is 3. The maximum absolute atomic E-state index is 12.1. The molecule has 2 heterocycles. The molecule has 0 aromatic heterocycles. The van der Waals surface area contributed by atoms with Crippen molar-refractivity contribution in [2.24, 2.45) is 5.10 Å². The Morgan fingerprint density at radius 1 is 1.44 bits per heavy atom. The van der Waals surface area contributed by atoms with E-state index >= 15 is 0 Å². The van der Waals surface area contributed by atoms with E-state index in [-0.39, 0.29) is 18.0 Å². The summed E-state index contributed by atoms with van der Waals surface area (Å²) in [5.41, 5.74) is 9.39. The van der Waals surface area contributed by atoms with Gasteiger partial charge in [-0.1, -0.05) is 6.07 Å². The summed E-state index contributed by atoms with van der Waals surface area (Å²) >= 11 is 0. The third kappa shape index (κ3) is 3.90. The zero-order chi connectivity index (χ0) is 18.0. The van der Waals surface area contributed by atoms with Gasteiger partial charge in [-0.2, -0.15) is 5.10 Å². The summed E-state index contributed by atoms with van der Waals surface area (Å²) in [5, 5.41) is 8.90. The van der Waals surface area contributed by atoms with Crippen LogP contribution in [0.25, 0.3) is 0 Å². The van der Waals surface area contributed by atoms with E-state index in [1.807, 2.05) is 43.1 Å². The fraction of sp³-hybridized carbons (Fsp3) is 0.471. The van der Waals surface area contributed by atoms with Crippen molar-refractivity contribution in [1.82, 2.24) is 21.1 Å². The van der Waals surface area contributed by atoms with Gasteiger partial charge in [0.15, 0.2) is 0 Å². The number of urea groups is 1. The van der Waals surface area contributed by atoms with Gasteiger partial charge >= 0.3 is 6.03 Å². The number of amides is 3. The van der Waals surface area contributed by atoms with E-state index in [1.165, 1.54) is 5.56 Å². The fourth-order valence-corrected chi connectivity index (χ4v) is 3.17. The van der Waals surface area contributed by atoms with Crippen LogP contribution in [0.3, 0.4) is 0 Å². The average Bonchev–Trinajstić information content (AvgIpc) is 2.54. The number of rotatable bonds is 4. The number of aryl methyl sites for hydroxylation is 1. The van der Waals surface area contributed by atoms with E-state index < -0.39 is 0 Å². The van der Waals surface area contributed by atoms with Crippen LogP contribution in [0, 0.1) is 0 Å². The third-order valence-electron chi connectivity index (χ3n) is 4.25. The van der Waals surface area contributed by atoms with Gasteiger partial charge in [0.1, 0.15) is 0 Å². The number of anilines is 1. The van der Waals surface area contributed by atoms with Crippen LogP contribution in [-0.2, 0) is 11.2 Å². The van der Waals surface area contributed by atoms with Crippen molar-refractivity contribution in [2.75, 3.05) is 32.2 Å². The number of nitrogens with zero attached hydrogens (tertiary/aromatic N) is 3. The fourth-order valence-electron chi connectivity index (χ4n) is 3.17. The SMILES string of the molecule is CC1NC(=O)NN=C1c1ccc2c(c1)CCCN2NC(=O)CN(C)C. The molecule has 25 heavy (non-hydrogen) atoms. The number of carbonyl (C=O) groups is 2. The van der Waals surface area contributed by atoms with Crippen LogP contribution in [0.1, 0.15) is 24.5 Å². The molecule has 1 atom stereocenters. The van der Waals surface area contributed by atoms with Gasteiger partial charge in [-0.15, -0.1) is 0 Å². The second kappa shape index (κ2) is 7.10. The van der Waals surface area contributed by atoms with Gasteiger partial charge in [0, 0.05) is 12.1 Å². The largest absolute Gasteiger partial charge is 0.335 e. The third-order valence-corrected chi connectivity index (χ3v) is 4.25. The molecule has 1 unspecified atom stereocenters. The Morgan fingerprint density at radius 2 is 2.24 bits per heavy atom. The summed E-state index contributed by atoms with van der Waals surface area (Å²) in [6.07, 6.45) is 1.92. The summed E-state index contributed by atoms with van der Waals surface area (Å²) in [7, 11) is 3.74. The first-order valence-corrected chi connectivity index (χ1v) is 8.43. The molecule has 1 aromatic rings. The van der Waals surface area contributed by atoms with E-state index in [0.29, 0.717) is 6.54 Å². The van der Waals surface area contributed by atoms with Gasteiger partial charge in [-0.05, 0) is 51.6 Å². The van der Waals surface area contributed by atoms with Crippen molar-refractivity contribution in [3.05, 3.63) is 29.3 Å². The van der Waals surface area contributed by atoms with Crippen LogP contribution in [0.5, 0.6) is 0 Å². The number of benzene rings is 1. The zero-order valence-electron chi connectivity index (χ0n) is 14.8. The molecule has 134 valence electrons. The highest BCUT2D eigenvalue weighted by Crippen LogP contribution is 2.27. The summed E-state index contributed by atoms with van der Waals surface area (Å²) in [6.45, 7) is 3.05. The molecule has 8 heteroatoms. The Kier molecular flexibility index (Phi) is 4.89. The highest BCUT2D eigenvalue weighted by molar-refractivity contribution is 6.07. The molecule has 3 N–H and O–H groups in total. The van der Waals surface area contributed by atoms with Gasteiger partial charge in [0.05, 0.1) is 24.0 Å². The molecule has 0 bridgehead atoms. The lowest BCUT2D eigenvalue weighted by Gasteiger charge is -2.32. The van der Waals surface area contributed by atoms with Crippen molar-refractivity contribution in [2.45, 2.75) is 25.8 Å². The van der Waals surface area contributed by atoms with Crippen LogP contribution in [0.15, 0.2) is 23.3 Å². The summed E-state index contributed by atoms with van der Waals surface area (Å²) in [5.74, 6) is -0.0286. The molecule has 1 aromatic carbocycles. The Hall–Kier alpha value is -2.61. The number of carbonyl (C=O) groups excluding carboxylic acids is 2. The van der Waals surface area contributed by atoms with Gasteiger partial charge in [-0.3, -0.25) is 15.2 Å². The van der Waals surface area contributed by atoms with Crippen molar-refractivity contribution in [3.8, 4) is 0 Å². The molecule has 2 aliphatic rings. The minimum atomic E-state index is -0.288. The van der Waals surface area contributed by atoms with Crippen LogP contribution in [0.2, 0.25) is 0 Å². The number of nitrogens with one attached hydrogen (secondary N) is 3. The molecule has 0 radical (unpaired) electrons. The van der Waals surface area contributed by atoms with Crippen molar-refractivity contribution in [1.29, 1.82) is 0 Å². The lowest BCUT2D eigenvalue weighted by molar-refractivity contribution is -0.121. The zero-order valence-corrected chi connectivity index (χ0v) is 14.8. The maximum Gasteiger partial charge on any atom is 0.335 e. The first kappa shape index (κ1) is 17.2. The molecule has 0 saturated carbocycles. The predicted octanol–water partition coefficient (Wildman–Crippen LogP) is 0.437. The van der Waals surface area contributed by atoms with Crippen LogP contribution in [0.4, 0.5) is 10.5 Å². The minimum absolute atomic E-state index is 0.0286. The molecule has 3 amide bonds. The monoisotopic (exact) mass is 344 g/mol. The second-order valence-electron chi connectivity index (χ2n) is 6.68. The number of hydrogen-bond acceptors (Lipinski definition) is 5. The molecular formula is C17H24N6O2. The second-order valence-corrected chi connectivity index (χ2v) is 6.68. The first-order chi connectivity index (χ1) is 11.9. The topological polar surface area (TPSA) is 89.1 Å². The van der Waals surface area contributed by atoms with E-state index in [4.69, 9.17) is 0 Å². The molecule has 3 rings (SSSR count). The Bertz CT molecular complexity index is 715. The standard InChI is InChI=1S/C17H24N6O2/c1-11-16(19-20-17(25)18-11)13-6-7-14-12(9-13)5-4-8-23(14)21-15(24)10-22(2)3/h6-7,9,11H,4-5,8,10H2,1-3H3,(H,21,24)(H2,18,20,25). The number of likely N-dealkylation sites (N-methyl/N-ethyl adjacent to an activating group) is 1. The van der Waals surface area contributed by atoms with E-state index in [9.17, 15) is 9.59 Å². The van der Waals surface area contributed by atoms with Crippen LogP contribution >= 0.6 is 0 Å². The molecule has 0 fully saturated rings. The Labute approximate surface area is 147 Å². The maximum atomic E-state index is 12.1. The summed E-state index contributed by atoms with van der Waals surface area (Å²) in [6, 6.07) is 5.64. The van der Waals surface area contributed by atoms with E-state index in [0.717, 1.165) is 36.3 Å². The average molecular weight is 344 g/mol. The molecule has 8 nitrogen and oxygen atoms in total. The minimum Gasteiger partial charge on any atom is -0.328 e. The van der Waals surface area contributed by atoms with Gasteiger partial charge in [0.25, 0.3) is 5.91 Å². The number of hydrazone groups is 1. The lowest BCUT2D eigenvalue weighted by atomic mass is 9.96. The number of fused-ring (bicyclic) bond motifs is 1. The smallest absolute Gasteiger partial charge is 0.328 e. The normalized spacial score (nSPS) is 19.7. The molecule has 0 saturated heterocycles. The summed E-state index contributed by atoms with van der Waals surface area (Å²) in [4.78, 5) is 25.2. The molecular weight excluding hydrogens is 320 g/mol. The van der Waals surface area contributed by atoms with Crippen LogP contribution in [-0.4, -0.2) is 55.8 Å². The highest BCUT2D eigenvalue weighted by Gasteiger charge is 2.23. The molecule has 0 spiro atoms. The van der Waals surface area contributed by atoms with Gasteiger partial charge in [0.2, 0.25) is 0 Å².